The molecule has 0 aromatic heterocycles. The summed E-state index contributed by atoms with van der Waals surface area (Å²) in [6.45, 7) is 5.45. The number of hydrogen-bond donors (Lipinski definition) is 2. The van der Waals surface area contributed by atoms with Gasteiger partial charge < -0.3 is 15.6 Å². The molecule has 1 amide bonds. The molecule has 3 N–H and O–H groups in total. The molecule has 1 aromatic rings. The van der Waals surface area contributed by atoms with Crippen LogP contribution >= 0.6 is 11.8 Å². The molecule has 0 spiro atoms. The van der Waals surface area contributed by atoms with Crippen LogP contribution in [-0.4, -0.2) is 45.8 Å². The Labute approximate surface area is 163 Å². The minimum atomic E-state index is -1.07. The van der Waals surface area contributed by atoms with Crippen LogP contribution in [0.3, 0.4) is 0 Å². The van der Waals surface area contributed by atoms with Crippen molar-refractivity contribution < 1.29 is 19.0 Å². The lowest BCUT2D eigenvalue weighted by Crippen LogP contribution is -2.51. The number of nitrogens with zero attached hydrogens (tertiary/aromatic N) is 2. The van der Waals surface area contributed by atoms with Crippen molar-refractivity contribution in [1.29, 1.82) is 0 Å². The molecule has 148 valence electrons. The number of methoxy groups -OCH3 is 1. The monoisotopic (exact) mass is 395 g/mol. The van der Waals surface area contributed by atoms with Crippen LogP contribution in [0.25, 0.3) is 0 Å². The van der Waals surface area contributed by atoms with Crippen LogP contribution in [0.4, 0.5) is 14.9 Å². The number of nitrogen functional groups attached to an aromatic ring is 1. The maximum absolute atomic E-state index is 14.8. The van der Waals surface area contributed by atoms with Crippen molar-refractivity contribution in [3.63, 3.8) is 0 Å². The molecule has 0 bridgehead atoms. The molecule has 3 rings (SSSR count). The summed E-state index contributed by atoms with van der Waals surface area (Å²) in [6, 6.07) is 4.50. The summed E-state index contributed by atoms with van der Waals surface area (Å²) in [6.07, 6.45) is 0.182. The Balaban J connectivity index is 2.19. The number of carboxylic acid groups (broad SMARTS) is 1. The number of fused-ring (bicyclic) bond motifs is 1. The number of ether oxygens (including phenoxy) is 1. The number of aliphatic imine (C=N–C) groups is 1. The van der Waals surface area contributed by atoms with Crippen molar-refractivity contribution in [3.05, 3.63) is 29.6 Å². The highest BCUT2D eigenvalue weighted by Gasteiger charge is 2.54. The topological polar surface area (TPSA) is 88.2 Å². The minimum absolute atomic E-state index is 0.0526. The van der Waals surface area contributed by atoms with E-state index >= 15 is 0 Å². The largest absolute Gasteiger partial charge is 0.465 e. The molecule has 0 saturated heterocycles. The number of carbonyl (C=O) groups is 1. The second-order valence-corrected chi connectivity index (χ2v) is 9.06. The third kappa shape index (κ3) is 3.40. The van der Waals surface area contributed by atoms with Gasteiger partial charge in [-0.1, -0.05) is 11.8 Å². The van der Waals surface area contributed by atoms with Gasteiger partial charge in [0, 0.05) is 35.6 Å². The molecule has 1 heterocycles. The molecule has 1 aromatic carbocycles. The van der Waals surface area contributed by atoms with Crippen molar-refractivity contribution in [3.8, 4) is 0 Å². The van der Waals surface area contributed by atoms with Gasteiger partial charge in [-0.2, -0.15) is 0 Å². The Morgan fingerprint density at radius 1 is 1.48 bits per heavy atom. The smallest absolute Gasteiger partial charge is 0.413 e. The molecular formula is C19H26FN3O3S. The van der Waals surface area contributed by atoms with E-state index in [1.807, 2.05) is 20.8 Å². The van der Waals surface area contributed by atoms with Gasteiger partial charge >= 0.3 is 6.09 Å². The number of amides is 1. The molecule has 1 aliphatic heterocycles. The highest BCUT2D eigenvalue weighted by atomic mass is 32.2. The average Bonchev–Trinajstić information content (AvgIpc) is 2.94. The number of benzene rings is 1. The van der Waals surface area contributed by atoms with Crippen LogP contribution in [0.15, 0.2) is 23.2 Å². The van der Waals surface area contributed by atoms with Gasteiger partial charge in [0.15, 0.2) is 5.17 Å². The van der Waals surface area contributed by atoms with Gasteiger partial charge in [-0.15, -0.1) is 0 Å². The lowest BCUT2D eigenvalue weighted by atomic mass is 9.80. The van der Waals surface area contributed by atoms with Gasteiger partial charge in [0.1, 0.15) is 5.82 Å². The Morgan fingerprint density at radius 2 is 2.19 bits per heavy atom. The molecule has 27 heavy (non-hydrogen) atoms. The summed E-state index contributed by atoms with van der Waals surface area (Å²) in [5.74, 6) is 0.174. The summed E-state index contributed by atoms with van der Waals surface area (Å²) in [7, 11) is 1.65. The normalized spacial score (nSPS) is 27.8. The molecule has 2 aliphatic rings. The van der Waals surface area contributed by atoms with Gasteiger partial charge in [0.2, 0.25) is 0 Å². The zero-order chi connectivity index (χ0) is 20.0. The fourth-order valence-electron chi connectivity index (χ4n) is 4.13. The quantitative estimate of drug-likeness (QED) is 0.741. The number of amidine groups is 1. The standard InChI is InChI=1S/C19H26FN3O3S/c1-18(2,3)23(17(24)25)16-22-19(12-9-11(21)5-6-14(12)20)8-7-15(26-4)13(19)10-27-16/h5-6,9,13,15H,7-8,10,21H2,1-4H3,(H,24,25)/t13-,15-,19+/m1/s1. The highest BCUT2D eigenvalue weighted by Crippen LogP contribution is 2.53. The van der Waals surface area contributed by atoms with Crippen molar-refractivity contribution in [2.75, 3.05) is 18.6 Å². The number of rotatable bonds is 2. The molecule has 1 aliphatic carbocycles. The molecule has 8 heteroatoms. The summed E-state index contributed by atoms with van der Waals surface area (Å²) in [5.41, 5.74) is 5.27. The first-order valence-electron chi connectivity index (χ1n) is 8.94. The van der Waals surface area contributed by atoms with Crippen LogP contribution in [0.1, 0.15) is 39.2 Å². The van der Waals surface area contributed by atoms with E-state index in [0.29, 0.717) is 28.6 Å². The Kier molecular flexibility index (Phi) is 5.16. The number of thioether (sulfide) groups is 1. The van der Waals surface area contributed by atoms with Gasteiger partial charge in [-0.05, 0) is 51.8 Å². The van der Waals surface area contributed by atoms with Crippen molar-refractivity contribution >= 4 is 28.7 Å². The fraction of sp³-hybridized carbons (Fsp3) is 0.579. The molecule has 0 unspecified atom stereocenters. The van der Waals surface area contributed by atoms with Crippen LogP contribution in [-0.2, 0) is 10.3 Å². The van der Waals surface area contributed by atoms with Crippen LogP contribution in [0.5, 0.6) is 0 Å². The van der Waals surface area contributed by atoms with E-state index in [4.69, 9.17) is 15.5 Å². The Hall–Kier alpha value is -1.80. The maximum Gasteiger partial charge on any atom is 0.413 e. The predicted molar refractivity (Wildman–Crippen MR) is 106 cm³/mol. The van der Waals surface area contributed by atoms with Gasteiger partial charge in [0.25, 0.3) is 0 Å². The van der Waals surface area contributed by atoms with E-state index in [-0.39, 0.29) is 17.8 Å². The van der Waals surface area contributed by atoms with E-state index in [1.54, 1.807) is 13.2 Å². The lowest BCUT2D eigenvalue weighted by molar-refractivity contribution is 0.0640. The SMILES string of the molecule is CO[C@@H]1CC[C@@]2(c3cc(N)ccc3F)N=C(N(C(=O)O)C(C)(C)C)SC[C@H]12. The maximum atomic E-state index is 14.8. The minimum Gasteiger partial charge on any atom is -0.465 e. The molecule has 1 saturated carbocycles. The van der Waals surface area contributed by atoms with E-state index in [9.17, 15) is 14.3 Å². The van der Waals surface area contributed by atoms with Crippen molar-refractivity contribution in [2.24, 2.45) is 10.9 Å². The van der Waals surface area contributed by atoms with E-state index in [2.05, 4.69) is 0 Å². The molecule has 0 radical (unpaired) electrons. The Bertz CT molecular complexity index is 780. The predicted octanol–water partition coefficient (Wildman–Crippen LogP) is 3.91. The summed E-state index contributed by atoms with van der Waals surface area (Å²) < 4.78 is 20.5. The van der Waals surface area contributed by atoms with E-state index < -0.39 is 17.2 Å². The van der Waals surface area contributed by atoms with E-state index in [1.165, 1.54) is 28.8 Å². The fourth-order valence-corrected chi connectivity index (χ4v) is 5.66. The van der Waals surface area contributed by atoms with Crippen molar-refractivity contribution in [2.45, 2.75) is 50.8 Å². The average molecular weight is 396 g/mol. The first kappa shape index (κ1) is 19.9. The van der Waals surface area contributed by atoms with Crippen LogP contribution in [0.2, 0.25) is 0 Å². The summed E-state index contributed by atoms with van der Waals surface area (Å²) in [4.78, 5) is 18.1. The number of halogens is 1. The molecule has 1 fully saturated rings. The van der Waals surface area contributed by atoms with Gasteiger partial charge in [-0.25, -0.2) is 14.2 Å². The highest BCUT2D eigenvalue weighted by molar-refractivity contribution is 8.13. The summed E-state index contributed by atoms with van der Waals surface area (Å²) in [5, 5.41) is 10.2. The zero-order valence-electron chi connectivity index (χ0n) is 16.0. The van der Waals surface area contributed by atoms with Gasteiger partial charge in [0.05, 0.1) is 11.6 Å². The second kappa shape index (κ2) is 6.98. The number of nitrogens with two attached hydrogens (primary N) is 1. The second-order valence-electron chi connectivity index (χ2n) is 8.08. The summed E-state index contributed by atoms with van der Waals surface area (Å²) >= 11 is 1.39. The third-order valence-electron chi connectivity index (χ3n) is 5.37. The number of anilines is 1. The number of hydrogen-bond acceptors (Lipinski definition) is 5. The first-order chi connectivity index (χ1) is 12.6. The molecular weight excluding hydrogens is 369 g/mol. The molecule has 6 nitrogen and oxygen atoms in total. The zero-order valence-corrected chi connectivity index (χ0v) is 16.8. The van der Waals surface area contributed by atoms with E-state index in [0.717, 1.165) is 6.42 Å². The Morgan fingerprint density at radius 3 is 2.78 bits per heavy atom. The molecule has 3 atom stereocenters. The lowest BCUT2D eigenvalue weighted by Gasteiger charge is -2.42. The third-order valence-corrected chi connectivity index (χ3v) is 6.43. The van der Waals surface area contributed by atoms with Crippen LogP contribution < -0.4 is 5.73 Å². The van der Waals surface area contributed by atoms with Gasteiger partial charge in [-0.3, -0.25) is 4.90 Å². The first-order valence-corrected chi connectivity index (χ1v) is 9.93. The van der Waals surface area contributed by atoms with Crippen LogP contribution in [0, 0.1) is 11.7 Å². The van der Waals surface area contributed by atoms with Crippen molar-refractivity contribution in [1.82, 2.24) is 4.90 Å².